The second kappa shape index (κ2) is 7.79. The van der Waals surface area contributed by atoms with Gasteiger partial charge in [-0.1, -0.05) is 41.9 Å². The summed E-state index contributed by atoms with van der Waals surface area (Å²) in [6, 6.07) is 9.77. The second-order valence-corrected chi connectivity index (χ2v) is 5.61. The molecule has 1 aromatic heterocycles. The first-order chi connectivity index (χ1) is 11.4. The van der Waals surface area contributed by atoms with Crippen LogP contribution in [0.15, 0.2) is 36.4 Å². The van der Waals surface area contributed by atoms with Gasteiger partial charge in [0.1, 0.15) is 5.15 Å². The van der Waals surface area contributed by atoms with Gasteiger partial charge in [0.2, 0.25) is 0 Å². The highest BCUT2D eigenvalue weighted by molar-refractivity contribution is 6.31. The Morgan fingerprint density at radius 1 is 1.38 bits per heavy atom. The van der Waals surface area contributed by atoms with Gasteiger partial charge >= 0.3 is 5.97 Å². The molecule has 0 aliphatic heterocycles. The summed E-state index contributed by atoms with van der Waals surface area (Å²) in [5, 5.41) is 4.80. The van der Waals surface area contributed by atoms with E-state index in [2.05, 4.69) is 5.10 Å². The van der Waals surface area contributed by atoms with Crippen LogP contribution in [0.5, 0.6) is 0 Å². The first kappa shape index (κ1) is 17.7. The van der Waals surface area contributed by atoms with Crippen molar-refractivity contribution in [3.63, 3.8) is 0 Å². The van der Waals surface area contributed by atoms with E-state index in [0.29, 0.717) is 23.0 Å². The maximum absolute atomic E-state index is 11.7. The number of amides is 1. The zero-order chi connectivity index (χ0) is 17.7. The SMILES string of the molecule is Cc1nn(Cc2ccccc2)c(Cl)c1/C=C/C(=O)O[C@H](C)C(N)=O. The lowest BCUT2D eigenvalue weighted by atomic mass is 10.2. The number of carbonyl (C=O) groups excluding carboxylic acids is 2. The van der Waals surface area contributed by atoms with E-state index < -0.39 is 18.0 Å². The van der Waals surface area contributed by atoms with Crippen LogP contribution >= 0.6 is 11.6 Å². The molecule has 0 aliphatic carbocycles. The summed E-state index contributed by atoms with van der Waals surface area (Å²) in [5.41, 5.74) is 7.41. The van der Waals surface area contributed by atoms with Crippen LogP contribution in [0.2, 0.25) is 5.15 Å². The van der Waals surface area contributed by atoms with E-state index in [1.165, 1.54) is 19.1 Å². The van der Waals surface area contributed by atoms with E-state index in [9.17, 15) is 9.59 Å². The molecule has 2 N–H and O–H groups in total. The van der Waals surface area contributed by atoms with Crippen LogP contribution in [0.3, 0.4) is 0 Å². The van der Waals surface area contributed by atoms with Gasteiger partial charge in [0.05, 0.1) is 12.2 Å². The average molecular weight is 348 g/mol. The number of aryl methyl sites for hydroxylation is 1. The molecule has 0 unspecified atom stereocenters. The van der Waals surface area contributed by atoms with Crippen molar-refractivity contribution < 1.29 is 14.3 Å². The number of halogens is 1. The molecule has 2 rings (SSSR count). The number of hydrogen-bond acceptors (Lipinski definition) is 4. The number of ether oxygens (including phenoxy) is 1. The van der Waals surface area contributed by atoms with Gasteiger partial charge in [-0.15, -0.1) is 0 Å². The van der Waals surface area contributed by atoms with Crippen molar-refractivity contribution in [2.24, 2.45) is 5.73 Å². The Balaban J connectivity index is 2.12. The van der Waals surface area contributed by atoms with Gasteiger partial charge in [-0.25, -0.2) is 9.48 Å². The minimum Gasteiger partial charge on any atom is -0.449 e. The van der Waals surface area contributed by atoms with Crippen molar-refractivity contribution in [2.45, 2.75) is 26.5 Å². The smallest absolute Gasteiger partial charge is 0.331 e. The first-order valence-corrected chi connectivity index (χ1v) is 7.71. The Hall–Kier alpha value is -2.60. The Bertz CT molecular complexity index is 769. The molecule has 1 heterocycles. The number of nitrogens with zero attached hydrogens (tertiary/aromatic N) is 2. The van der Waals surface area contributed by atoms with E-state index in [4.69, 9.17) is 22.1 Å². The number of esters is 1. The number of carbonyl (C=O) groups is 2. The number of rotatable bonds is 6. The number of benzene rings is 1. The van der Waals surface area contributed by atoms with Gasteiger partial charge in [0.25, 0.3) is 5.91 Å². The van der Waals surface area contributed by atoms with Gasteiger partial charge in [-0.2, -0.15) is 5.10 Å². The summed E-state index contributed by atoms with van der Waals surface area (Å²) >= 11 is 6.34. The molecule has 0 saturated carbocycles. The molecule has 1 aromatic carbocycles. The van der Waals surface area contributed by atoms with Gasteiger partial charge < -0.3 is 10.5 Å². The van der Waals surface area contributed by atoms with Gasteiger partial charge in [-0.3, -0.25) is 4.79 Å². The molecule has 2 aromatic rings. The van der Waals surface area contributed by atoms with Gasteiger partial charge in [-0.05, 0) is 25.5 Å². The normalized spacial score (nSPS) is 12.3. The fourth-order valence-electron chi connectivity index (χ4n) is 2.04. The minimum absolute atomic E-state index is 0.420. The predicted molar refractivity (Wildman–Crippen MR) is 91.3 cm³/mol. The second-order valence-electron chi connectivity index (χ2n) is 5.25. The van der Waals surface area contributed by atoms with Crippen molar-refractivity contribution >= 4 is 29.6 Å². The lowest BCUT2D eigenvalue weighted by Gasteiger charge is -2.06. The topological polar surface area (TPSA) is 87.2 Å². The molecule has 1 atom stereocenters. The van der Waals surface area contributed by atoms with Crippen LogP contribution in [0.1, 0.15) is 23.7 Å². The maximum atomic E-state index is 11.7. The van der Waals surface area contributed by atoms with Gasteiger partial charge in [0.15, 0.2) is 6.10 Å². The molecule has 0 saturated heterocycles. The highest BCUT2D eigenvalue weighted by Crippen LogP contribution is 2.22. The highest BCUT2D eigenvalue weighted by atomic mass is 35.5. The fraction of sp³-hybridized carbons (Fsp3) is 0.235. The lowest BCUT2D eigenvalue weighted by Crippen LogP contribution is -2.29. The maximum Gasteiger partial charge on any atom is 0.331 e. The Kier molecular flexibility index (Phi) is 5.76. The van der Waals surface area contributed by atoms with Gasteiger partial charge in [0, 0.05) is 11.6 Å². The van der Waals surface area contributed by atoms with Crippen LogP contribution < -0.4 is 5.73 Å². The Labute approximate surface area is 144 Å². The van der Waals surface area contributed by atoms with Crippen LogP contribution in [-0.2, 0) is 20.9 Å². The van der Waals surface area contributed by atoms with Crippen LogP contribution in [0.25, 0.3) is 6.08 Å². The number of hydrogen-bond donors (Lipinski definition) is 1. The van der Waals surface area contributed by atoms with Crippen molar-refractivity contribution in [3.8, 4) is 0 Å². The quantitative estimate of drug-likeness (QED) is 0.641. The molecular formula is C17H18ClN3O3. The van der Waals surface area contributed by atoms with Crippen molar-refractivity contribution in [1.82, 2.24) is 9.78 Å². The predicted octanol–water partition coefficient (Wildman–Crippen LogP) is 2.32. The molecular weight excluding hydrogens is 330 g/mol. The largest absolute Gasteiger partial charge is 0.449 e. The first-order valence-electron chi connectivity index (χ1n) is 7.33. The molecule has 126 valence electrons. The summed E-state index contributed by atoms with van der Waals surface area (Å²) in [6.45, 7) is 3.73. The standard InChI is InChI=1S/C17H18ClN3O3/c1-11-14(8-9-15(22)24-12(2)17(19)23)16(18)21(20-11)10-13-6-4-3-5-7-13/h3-9,12H,10H2,1-2H3,(H2,19,23)/b9-8+/t12-/m1/s1. The molecule has 0 fully saturated rings. The summed E-state index contributed by atoms with van der Waals surface area (Å²) in [5.74, 6) is -1.38. The molecule has 0 radical (unpaired) electrons. The van der Waals surface area contributed by atoms with E-state index in [0.717, 1.165) is 5.56 Å². The number of aromatic nitrogens is 2. The molecule has 0 aliphatic rings. The van der Waals surface area contributed by atoms with E-state index >= 15 is 0 Å². The van der Waals surface area contributed by atoms with E-state index in [-0.39, 0.29) is 0 Å². The monoisotopic (exact) mass is 347 g/mol. The lowest BCUT2D eigenvalue weighted by molar-refractivity contribution is -0.148. The summed E-state index contributed by atoms with van der Waals surface area (Å²) in [7, 11) is 0. The van der Waals surface area contributed by atoms with Crippen molar-refractivity contribution in [2.75, 3.05) is 0 Å². The van der Waals surface area contributed by atoms with E-state index in [1.54, 1.807) is 11.6 Å². The zero-order valence-corrected chi connectivity index (χ0v) is 14.2. The zero-order valence-electron chi connectivity index (χ0n) is 13.4. The fourth-order valence-corrected chi connectivity index (χ4v) is 2.34. The molecule has 1 amide bonds. The molecule has 6 nitrogen and oxygen atoms in total. The third kappa shape index (κ3) is 4.45. The van der Waals surface area contributed by atoms with E-state index in [1.807, 2.05) is 30.3 Å². The van der Waals surface area contributed by atoms with Crippen LogP contribution in [-0.4, -0.2) is 27.8 Å². The summed E-state index contributed by atoms with van der Waals surface area (Å²) in [4.78, 5) is 22.5. The molecule has 24 heavy (non-hydrogen) atoms. The Morgan fingerprint density at radius 2 is 2.04 bits per heavy atom. The van der Waals surface area contributed by atoms with Crippen molar-refractivity contribution in [1.29, 1.82) is 0 Å². The molecule has 7 heteroatoms. The number of nitrogens with two attached hydrogens (primary N) is 1. The summed E-state index contributed by atoms with van der Waals surface area (Å²) in [6.07, 6.45) is 1.73. The van der Waals surface area contributed by atoms with Crippen LogP contribution in [0, 0.1) is 6.92 Å². The molecule has 0 spiro atoms. The van der Waals surface area contributed by atoms with Crippen molar-refractivity contribution in [3.05, 3.63) is 58.4 Å². The average Bonchev–Trinajstić information content (AvgIpc) is 2.80. The third-order valence-electron chi connectivity index (χ3n) is 3.36. The Morgan fingerprint density at radius 3 is 2.67 bits per heavy atom. The minimum atomic E-state index is -0.987. The number of primary amides is 1. The molecule has 0 bridgehead atoms. The summed E-state index contributed by atoms with van der Waals surface area (Å²) < 4.78 is 6.50. The third-order valence-corrected chi connectivity index (χ3v) is 3.76. The highest BCUT2D eigenvalue weighted by Gasteiger charge is 2.14. The van der Waals surface area contributed by atoms with Crippen LogP contribution in [0.4, 0.5) is 0 Å².